The first-order chi connectivity index (χ1) is 13.2. The normalized spacial score (nSPS) is 15.0. The van der Waals surface area contributed by atoms with Crippen LogP contribution in [0.2, 0.25) is 0 Å². The van der Waals surface area contributed by atoms with Crippen LogP contribution in [0.15, 0.2) is 77.6 Å². The van der Waals surface area contributed by atoms with Gasteiger partial charge in [0.1, 0.15) is 5.69 Å². The van der Waals surface area contributed by atoms with Crippen molar-refractivity contribution in [3.8, 4) is 0 Å². The van der Waals surface area contributed by atoms with Crippen molar-refractivity contribution in [1.29, 1.82) is 0 Å². The summed E-state index contributed by atoms with van der Waals surface area (Å²) < 4.78 is 1.33. The number of nitrogens with zero attached hydrogens (tertiary/aromatic N) is 2. The highest BCUT2D eigenvalue weighted by Gasteiger charge is 2.40. The molecule has 27 heavy (non-hydrogen) atoms. The fourth-order valence-electron chi connectivity index (χ4n) is 3.49. The lowest BCUT2D eigenvalue weighted by Gasteiger charge is -2.43. The molecule has 1 aliphatic carbocycles. The van der Waals surface area contributed by atoms with Gasteiger partial charge in [0.15, 0.2) is 0 Å². The first-order valence-corrected chi connectivity index (χ1v) is 9.16. The first kappa shape index (κ1) is 17.2. The molecule has 5 nitrogen and oxygen atoms in total. The Morgan fingerprint density at radius 3 is 2.26 bits per heavy atom. The Labute approximate surface area is 157 Å². The monoisotopic (exact) mass is 359 g/mol. The number of rotatable bonds is 5. The van der Waals surface area contributed by atoms with Crippen LogP contribution in [0.4, 0.5) is 0 Å². The molecule has 4 rings (SSSR count). The van der Waals surface area contributed by atoms with Crippen LogP contribution >= 0.6 is 0 Å². The maximum atomic E-state index is 12.9. The van der Waals surface area contributed by atoms with Gasteiger partial charge >= 0.3 is 0 Å². The summed E-state index contributed by atoms with van der Waals surface area (Å²) >= 11 is 0. The smallest absolute Gasteiger partial charge is 0.272 e. The van der Waals surface area contributed by atoms with Crippen LogP contribution < -0.4 is 10.9 Å². The van der Waals surface area contributed by atoms with Crippen LogP contribution in [0.25, 0.3) is 0 Å². The van der Waals surface area contributed by atoms with Crippen molar-refractivity contribution in [3.63, 3.8) is 0 Å². The number of hydrogen-bond donors (Lipinski definition) is 1. The number of carbonyl (C=O) groups excluding carboxylic acids is 1. The van der Waals surface area contributed by atoms with Gasteiger partial charge in [-0.05, 0) is 36.5 Å². The molecule has 2 aromatic carbocycles. The van der Waals surface area contributed by atoms with Crippen LogP contribution in [0, 0.1) is 0 Å². The van der Waals surface area contributed by atoms with Crippen molar-refractivity contribution < 1.29 is 4.79 Å². The van der Waals surface area contributed by atoms with Crippen molar-refractivity contribution in [2.24, 2.45) is 0 Å². The summed E-state index contributed by atoms with van der Waals surface area (Å²) in [6.45, 7) is 0.338. The lowest BCUT2D eigenvalue weighted by atomic mass is 9.71. The number of aromatic nitrogens is 2. The Balaban J connectivity index is 1.57. The van der Waals surface area contributed by atoms with Gasteiger partial charge in [0.25, 0.3) is 11.5 Å². The molecule has 1 saturated carbocycles. The summed E-state index contributed by atoms with van der Waals surface area (Å²) in [5.74, 6) is -0.250. The summed E-state index contributed by atoms with van der Waals surface area (Å²) in [4.78, 5) is 25.0. The van der Waals surface area contributed by atoms with E-state index >= 15 is 0 Å². The molecule has 1 aromatic heterocycles. The second kappa shape index (κ2) is 7.19. The van der Waals surface area contributed by atoms with E-state index in [-0.39, 0.29) is 22.7 Å². The first-order valence-electron chi connectivity index (χ1n) is 9.16. The molecule has 0 radical (unpaired) electrons. The zero-order valence-electron chi connectivity index (χ0n) is 15.0. The molecule has 136 valence electrons. The summed E-state index contributed by atoms with van der Waals surface area (Å²) in [6.07, 6.45) is 2.90. The number of nitrogens with one attached hydrogen (secondary N) is 1. The molecular weight excluding hydrogens is 338 g/mol. The summed E-state index contributed by atoms with van der Waals surface area (Å²) in [6, 6.07) is 22.5. The Bertz CT molecular complexity index is 993. The predicted molar refractivity (Wildman–Crippen MR) is 103 cm³/mol. The molecule has 1 heterocycles. The summed E-state index contributed by atoms with van der Waals surface area (Å²) in [7, 11) is 0. The molecule has 0 atom stereocenters. The quantitative estimate of drug-likeness (QED) is 0.761. The van der Waals surface area contributed by atoms with E-state index in [0.29, 0.717) is 6.54 Å². The summed E-state index contributed by atoms with van der Waals surface area (Å²) in [5, 5.41) is 7.45. The average Bonchev–Trinajstić information content (AvgIpc) is 2.68. The number of benzene rings is 2. The third-order valence-electron chi connectivity index (χ3n) is 5.16. The zero-order chi connectivity index (χ0) is 18.7. The van der Waals surface area contributed by atoms with Crippen molar-refractivity contribution in [2.45, 2.75) is 31.3 Å². The van der Waals surface area contributed by atoms with E-state index in [1.54, 1.807) is 0 Å². The van der Waals surface area contributed by atoms with Crippen molar-refractivity contribution in [3.05, 3.63) is 100.0 Å². The van der Waals surface area contributed by atoms with Gasteiger partial charge in [0.05, 0.1) is 12.1 Å². The fourth-order valence-corrected chi connectivity index (χ4v) is 3.49. The molecule has 1 aliphatic rings. The third kappa shape index (κ3) is 3.53. The lowest BCUT2D eigenvalue weighted by Crippen LogP contribution is -2.51. The van der Waals surface area contributed by atoms with E-state index in [9.17, 15) is 9.59 Å². The fraction of sp³-hybridized carbons (Fsp3) is 0.227. The van der Waals surface area contributed by atoms with E-state index in [1.165, 1.54) is 16.8 Å². The third-order valence-corrected chi connectivity index (χ3v) is 5.16. The molecule has 3 aromatic rings. The van der Waals surface area contributed by atoms with E-state index in [0.717, 1.165) is 30.4 Å². The molecule has 0 bridgehead atoms. The van der Waals surface area contributed by atoms with Crippen molar-refractivity contribution in [2.75, 3.05) is 0 Å². The van der Waals surface area contributed by atoms with E-state index in [4.69, 9.17) is 0 Å². The topological polar surface area (TPSA) is 64.0 Å². The van der Waals surface area contributed by atoms with Gasteiger partial charge < -0.3 is 5.32 Å². The number of amides is 1. The summed E-state index contributed by atoms with van der Waals surface area (Å²) in [5.41, 5.74) is 1.77. The maximum Gasteiger partial charge on any atom is 0.272 e. The number of carbonyl (C=O) groups is 1. The van der Waals surface area contributed by atoms with E-state index in [2.05, 4.69) is 10.4 Å². The second-order valence-corrected chi connectivity index (χ2v) is 6.96. The zero-order valence-corrected chi connectivity index (χ0v) is 15.0. The van der Waals surface area contributed by atoms with Crippen LogP contribution in [0.5, 0.6) is 0 Å². The standard InChI is InChI=1S/C22H21N3O2/c26-20-13-12-19(24-25(20)16-17-8-3-1-4-9-17)21(27)23-22(14-7-15-22)18-10-5-2-6-11-18/h1-6,8-13H,7,14-16H2,(H,23,27). The predicted octanol–water partition coefficient (Wildman–Crippen LogP) is 3.10. The molecule has 0 unspecified atom stereocenters. The molecule has 0 spiro atoms. The highest BCUT2D eigenvalue weighted by atomic mass is 16.2. The lowest BCUT2D eigenvalue weighted by molar-refractivity contribution is 0.0815. The number of hydrogen-bond acceptors (Lipinski definition) is 3. The molecule has 5 heteroatoms. The maximum absolute atomic E-state index is 12.9. The minimum absolute atomic E-state index is 0.225. The highest BCUT2D eigenvalue weighted by molar-refractivity contribution is 5.92. The van der Waals surface area contributed by atoms with Crippen LogP contribution in [0.3, 0.4) is 0 Å². The molecule has 1 fully saturated rings. The van der Waals surface area contributed by atoms with Gasteiger partial charge in [-0.15, -0.1) is 0 Å². The van der Waals surface area contributed by atoms with Gasteiger partial charge in [-0.25, -0.2) is 4.68 Å². The molecule has 1 amide bonds. The Morgan fingerprint density at radius 1 is 0.963 bits per heavy atom. The molecule has 0 aliphatic heterocycles. The molecular formula is C22H21N3O2. The minimum atomic E-state index is -0.333. The largest absolute Gasteiger partial charge is 0.341 e. The SMILES string of the molecule is O=C(NC1(c2ccccc2)CCC1)c1ccc(=O)n(Cc2ccccc2)n1. The van der Waals surface area contributed by atoms with Crippen molar-refractivity contribution in [1.82, 2.24) is 15.1 Å². The van der Waals surface area contributed by atoms with Gasteiger partial charge in [-0.1, -0.05) is 60.7 Å². The Kier molecular flexibility index (Phi) is 4.59. The average molecular weight is 359 g/mol. The van der Waals surface area contributed by atoms with Crippen LogP contribution in [0.1, 0.15) is 40.9 Å². The molecule has 0 saturated heterocycles. The minimum Gasteiger partial charge on any atom is -0.341 e. The van der Waals surface area contributed by atoms with Gasteiger partial charge in [0, 0.05) is 6.07 Å². The van der Waals surface area contributed by atoms with Gasteiger partial charge in [0.2, 0.25) is 0 Å². The van der Waals surface area contributed by atoms with Crippen molar-refractivity contribution >= 4 is 5.91 Å². The van der Waals surface area contributed by atoms with Gasteiger partial charge in [-0.3, -0.25) is 9.59 Å². The Hall–Kier alpha value is -3.21. The van der Waals surface area contributed by atoms with Crippen LogP contribution in [-0.2, 0) is 12.1 Å². The Morgan fingerprint density at radius 2 is 1.63 bits per heavy atom. The van der Waals surface area contributed by atoms with Crippen LogP contribution in [-0.4, -0.2) is 15.7 Å². The second-order valence-electron chi connectivity index (χ2n) is 6.96. The van der Waals surface area contributed by atoms with E-state index in [1.807, 2.05) is 60.7 Å². The highest BCUT2D eigenvalue weighted by Crippen LogP contribution is 2.41. The van der Waals surface area contributed by atoms with Gasteiger partial charge in [-0.2, -0.15) is 5.10 Å². The van der Waals surface area contributed by atoms with E-state index < -0.39 is 0 Å². The molecule has 1 N–H and O–H groups in total.